The van der Waals surface area contributed by atoms with Crippen molar-refractivity contribution in [1.82, 2.24) is 25.1 Å². The molecule has 186 valence electrons. The Kier molecular flexibility index (Phi) is 7.45. The van der Waals surface area contributed by atoms with Crippen LogP contribution in [0, 0.1) is 0 Å². The number of nitrogens with zero attached hydrogens (tertiary/aromatic N) is 6. The van der Waals surface area contributed by atoms with E-state index in [2.05, 4.69) is 25.7 Å². The number of aromatic nitrogens is 4. The molecular weight excluding hydrogens is 483 g/mol. The number of anilines is 2. The number of methoxy groups -OCH3 is 1. The van der Waals surface area contributed by atoms with Gasteiger partial charge in [-0.25, -0.2) is 0 Å². The normalized spacial score (nSPS) is 14.7. The molecule has 3 aromatic rings. The number of ether oxygens (including phenoxy) is 1. The maximum absolute atomic E-state index is 13.3. The van der Waals surface area contributed by atoms with E-state index in [-0.39, 0.29) is 11.4 Å². The smallest absolute Gasteiger partial charge is 0.416 e. The number of tetrazole rings is 1. The van der Waals surface area contributed by atoms with Gasteiger partial charge in [0.15, 0.2) is 0 Å². The number of halogens is 3. The molecule has 9 nitrogen and oxygen atoms in total. The number of hydrogen-bond acceptors (Lipinski definition) is 8. The zero-order valence-electron chi connectivity index (χ0n) is 19.1. The summed E-state index contributed by atoms with van der Waals surface area (Å²) >= 11 is 1.08. The van der Waals surface area contributed by atoms with Crippen LogP contribution in [0.25, 0.3) is 5.69 Å². The highest BCUT2D eigenvalue weighted by atomic mass is 32.2. The van der Waals surface area contributed by atoms with Gasteiger partial charge in [0, 0.05) is 26.2 Å². The molecule has 13 heteroatoms. The van der Waals surface area contributed by atoms with Gasteiger partial charge in [0.25, 0.3) is 0 Å². The van der Waals surface area contributed by atoms with Crippen LogP contribution >= 0.6 is 11.8 Å². The first-order valence-electron chi connectivity index (χ1n) is 10.7. The fourth-order valence-electron chi connectivity index (χ4n) is 3.61. The summed E-state index contributed by atoms with van der Waals surface area (Å²) in [7, 11) is 3.55. The topological polar surface area (TPSA) is 88.4 Å². The molecule has 1 amide bonds. The van der Waals surface area contributed by atoms with E-state index < -0.39 is 17.6 Å². The van der Waals surface area contributed by atoms with Crippen LogP contribution < -0.4 is 15.0 Å². The molecule has 0 atom stereocenters. The van der Waals surface area contributed by atoms with Crippen LogP contribution in [0.4, 0.5) is 24.5 Å². The maximum Gasteiger partial charge on any atom is 0.416 e. The first kappa shape index (κ1) is 24.8. The molecule has 1 aliphatic heterocycles. The lowest BCUT2D eigenvalue weighted by Crippen LogP contribution is -2.44. The van der Waals surface area contributed by atoms with Crippen molar-refractivity contribution in [2.75, 3.05) is 56.3 Å². The van der Waals surface area contributed by atoms with E-state index in [1.54, 1.807) is 31.4 Å². The molecule has 1 fully saturated rings. The van der Waals surface area contributed by atoms with Gasteiger partial charge in [0.05, 0.1) is 35.5 Å². The van der Waals surface area contributed by atoms with Gasteiger partial charge in [-0.15, -0.1) is 5.10 Å². The number of alkyl halides is 3. The molecule has 35 heavy (non-hydrogen) atoms. The number of rotatable bonds is 7. The number of hydrogen-bond donors (Lipinski definition) is 1. The van der Waals surface area contributed by atoms with E-state index in [9.17, 15) is 18.0 Å². The monoisotopic (exact) mass is 507 g/mol. The van der Waals surface area contributed by atoms with Crippen LogP contribution in [-0.4, -0.2) is 77.1 Å². The molecule has 0 unspecified atom stereocenters. The summed E-state index contributed by atoms with van der Waals surface area (Å²) in [6.45, 7) is 2.85. The van der Waals surface area contributed by atoms with E-state index in [1.165, 1.54) is 10.7 Å². The minimum absolute atomic E-state index is 0.0883. The third-order valence-electron chi connectivity index (χ3n) is 5.53. The van der Waals surface area contributed by atoms with E-state index in [4.69, 9.17) is 4.74 Å². The second-order valence-corrected chi connectivity index (χ2v) is 8.87. The SMILES string of the molecule is COc1ccc(-n2nnnc2SCC(=O)Nc2cc(C(F)(F)F)ccc2N2CCN(C)CC2)cc1. The molecular formula is C22H24F3N7O2S. The summed E-state index contributed by atoms with van der Waals surface area (Å²) in [4.78, 5) is 16.9. The molecule has 4 rings (SSSR count). The highest BCUT2D eigenvalue weighted by Crippen LogP contribution is 2.36. The lowest BCUT2D eigenvalue weighted by Gasteiger charge is -2.35. The van der Waals surface area contributed by atoms with E-state index in [0.29, 0.717) is 35.4 Å². The summed E-state index contributed by atoms with van der Waals surface area (Å²) in [5.41, 5.74) is 0.549. The van der Waals surface area contributed by atoms with Gasteiger partial charge in [-0.05, 0) is 59.9 Å². The number of piperazine rings is 1. The van der Waals surface area contributed by atoms with Gasteiger partial charge in [0.1, 0.15) is 5.75 Å². The number of likely N-dealkylation sites (N-methyl/N-ethyl adjacent to an activating group) is 1. The number of amides is 1. The van der Waals surface area contributed by atoms with Crippen molar-refractivity contribution < 1.29 is 22.7 Å². The fraction of sp³-hybridized carbons (Fsp3) is 0.364. The summed E-state index contributed by atoms with van der Waals surface area (Å²) in [5, 5.41) is 14.6. The summed E-state index contributed by atoms with van der Waals surface area (Å²) in [6, 6.07) is 10.5. The van der Waals surface area contributed by atoms with Gasteiger partial charge < -0.3 is 19.9 Å². The molecule has 0 saturated carbocycles. The lowest BCUT2D eigenvalue weighted by atomic mass is 10.1. The Hall–Kier alpha value is -3.32. The van der Waals surface area contributed by atoms with Crippen molar-refractivity contribution in [3.8, 4) is 11.4 Å². The Morgan fingerprint density at radius 2 is 1.83 bits per heavy atom. The van der Waals surface area contributed by atoms with Crippen molar-refractivity contribution in [3.05, 3.63) is 48.0 Å². The van der Waals surface area contributed by atoms with Crippen molar-refractivity contribution in [2.24, 2.45) is 0 Å². The number of carbonyl (C=O) groups excluding carboxylic acids is 1. The van der Waals surface area contributed by atoms with Gasteiger partial charge in [-0.3, -0.25) is 4.79 Å². The Balaban J connectivity index is 1.48. The van der Waals surface area contributed by atoms with Crippen LogP contribution in [-0.2, 0) is 11.0 Å². The van der Waals surface area contributed by atoms with Gasteiger partial charge in [-0.1, -0.05) is 11.8 Å². The van der Waals surface area contributed by atoms with Gasteiger partial charge in [-0.2, -0.15) is 17.9 Å². The third kappa shape index (κ3) is 6.03. The minimum atomic E-state index is -4.52. The minimum Gasteiger partial charge on any atom is -0.497 e. The second-order valence-electron chi connectivity index (χ2n) is 7.93. The molecule has 1 aromatic heterocycles. The third-order valence-corrected chi connectivity index (χ3v) is 6.45. The zero-order chi connectivity index (χ0) is 25.0. The highest BCUT2D eigenvalue weighted by Gasteiger charge is 2.32. The Bertz CT molecular complexity index is 1160. The molecule has 1 saturated heterocycles. The molecule has 0 aliphatic carbocycles. The largest absolute Gasteiger partial charge is 0.497 e. The van der Waals surface area contributed by atoms with Crippen molar-refractivity contribution in [3.63, 3.8) is 0 Å². The quantitative estimate of drug-likeness (QED) is 0.488. The van der Waals surface area contributed by atoms with Crippen LogP contribution in [0.2, 0.25) is 0 Å². The average Bonchev–Trinajstić information content (AvgIpc) is 3.31. The second kappa shape index (κ2) is 10.5. The van der Waals surface area contributed by atoms with E-state index >= 15 is 0 Å². The Labute approximate surface area is 204 Å². The molecule has 0 bridgehead atoms. The van der Waals surface area contributed by atoms with Crippen LogP contribution in [0.15, 0.2) is 47.6 Å². The zero-order valence-corrected chi connectivity index (χ0v) is 19.9. The average molecular weight is 508 g/mol. The fourth-order valence-corrected chi connectivity index (χ4v) is 4.30. The predicted molar refractivity (Wildman–Crippen MR) is 126 cm³/mol. The van der Waals surface area contributed by atoms with E-state index in [0.717, 1.165) is 37.0 Å². The summed E-state index contributed by atoms with van der Waals surface area (Å²) in [5.74, 6) is 0.122. The van der Waals surface area contributed by atoms with Gasteiger partial charge >= 0.3 is 6.18 Å². The molecule has 0 radical (unpaired) electrons. The molecule has 2 aromatic carbocycles. The number of benzene rings is 2. The standard InChI is InChI=1S/C22H24F3N7O2S/c1-30-9-11-31(12-10-30)19-8-3-15(22(23,24)25)13-18(19)26-20(33)14-35-21-27-28-29-32(21)16-4-6-17(34-2)7-5-16/h3-8,13H,9-12,14H2,1-2H3,(H,26,33). The summed E-state index contributed by atoms with van der Waals surface area (Å²) in [6.07, 6.45) is -4.52. The Morgan fingerprint density at radius 3 is 2.49 bits per heavy atom. The first-order valence-corrected chi connectivity index (χ1v) is 11.7. The van der Waals surface area contributed by atoms with Crippen LogP contribution in [0.5, 0.6) is 5.75 Å². The van der Waals surface area contributed by atoms with Crippen molar-refractivity contribution >= 4 is 29.0 Å². The number of carbonyl (C=O) groups is 1. The Morgan fingerprint density at radius 1 is 1.11 bits per heavy atom. The maximum atomic E-state index is 13.3. The predicted octanol–water partition coefficient (Wildman–Crippen LogP) is 3.17. The molecule has 1 N–H and O–H groups in total. The molecule has 2 heterocycles. The van der Waals surface area contributed by atoms with Crippen molar-refractivity contribution in [1.29, 1.82) is 0 Å². The molecule has 0 spiro atoms. The van der Waals surface area contributed by atoms with Crippen LogP contribution in [0.1, 0.15) is 5.56 Å². The molecule has 1 aliphatic rings. The van der Waals surface area contributed by atoms with Gasteiger partial charge in [0.2, 0.25) is 11.1 Å². The first-order chi connectivity index (χ1) is 16.7. The number of thioether (sulfide) groups is 1. The summed E-state index contributed by atoms with van der Waals surface area (Å²) < 4.78 is 46.7. The van der Waals surface area contributed by atoms with Crippen LogP contribution in [0.3, 0.4) is 0 Å². The highest BCUT2D eigenvalue weighted by molar-refractivity contribution is 7.99. The van der Waals surface area contributed by atoms with E-state index in [1.807, 2.05) is 11.9 Å². The number of nitrogens with one attached hydrogen (secondary N) is 1. The lowest BCUT2D eigenvalue weighted by molar-refractivity contribution is -0.137. The van der Waals surface area contributed by atoms with Crippen molar-refractivity contribution in [2.45, 2.75) is 11.3 Å².